The molecule has 1 aliphatic carbocycles. The highest BCUT2D eigenvalue weighted by Crippen LogP contribution is 2.26. The van der Waals surface area contributed by atoms with Crippen LogP contribution in [0, 0.1) is 5.41 Å². The second-order valence-corrected chi connectivity index (χ2v) is 4.76. The SMILES string of the molecule is CCOC(=O)C1=C(C(=O)OCC)C=CC(C)(C)C=C1. The average molecular weight is 264 g/mol. The number of ether oxygens (including phenoxy) is 2. The van der Waals surface area contributed by atoms with Crippen LogP contribution in [0.15, 0.2) is 35.5 Å². The molecule has 0 N–H and O–H groups in total. The second-order valence-electron chi connectivity index (χ2n) is 4.76. The molecule has 4 nitrogen and oxygen atoms in total. The van der Waals surface area contributed by atoms with E-state index in [1.807, 2.05) is 26.0 Å². The Morgan fingerprint density at radius 2 is 1.32 bits per heavy atom. The van der Waals surface area contributed by atoms with Gasteiger partial charge in [-0.1, -0.05) is 26.0 Å². The van der Waals surface area contributed by atoms with Crippen molar-refractivity contribution in [2.45, 2.75) is 27.7 Å². The average Bonchev–Trinajstić information content (AvgIpc) is 2.48. The van der Waals surface area contributed by atoms with Crippen molar-refractivity contribution < 1.29 is 19.1 Å². The van der Waals surface area contributed by atoms with Gasteiger partial charge in [0.25, 0.3) is 0 Å². The lowest BCUT2D eigenvalue weighted by Gasteiger charge is -2.12. The van der Waals surface area contributed by atoms with Crippen LogP contribution in [0.3, 0.4) is 0 Å². The molecule has 0 saturated carbocycles. The number of esters is 2. The number of rotatable bonds is 4. The van der Waals surface area contributed by atoms with Gasteiger partial charge < -0.3 is 9.47 Å². The maximum atomic E-state index is 11.9. The summed E-state index contributed by atoms with van der Waals surface area (Å²) < 4.78 is 9.95. The normalized spacial score (nSPS) is 17.1. The molecule has 0 radical (unpaired) electrons. The summed E-state index contributed by atoms with van der Waals surface area (Å²) in [4.78, 5) is 23.8. The molecule has 1 rings (SSSR count). The third kappa shape index (κ3) is 4.09. The van der Waals surface area contributed by atoms with E-state index in [2.05, 4.69) is 0 Å². The van der Waals surface area contributed by atoms with Gasteiger partial charge in [0.05, 0.1) is 24.4 Å². The van der Waals surface area contributed by atoms with Crippen LogP contribution in [0.4, 0.5) is 0 Å². The minimum atomic E-state index is -0.510. The third-order valence-corrected chi connectivity index (χ3v) is 2.64. The molecule has 19 heavy (non-hydrogen) atoms. The summed E-state index contributed by atoms with van der Waals surface area (Å²) in [6, 6.07) is 0. The zero-order valence-corrected chi connectivity index (χ0v) is 11.9. The van der Waals surface area contributed by atoms with Gasteiger partial charge in [-0.25, -0.2) is 9.59 Å². The first-order valence-corrected chi connectivity index (χ1v) is 6.38. The second kappa shape index (κ2) is 6.36. The van der Waals surface area contributed by atoms with Crippen LogP contribution >= 0.6 is 0 Å². The molecule has 0 unspecified atom stereocenters. The number of carbonyl (C=O) groups is 2. The molecule has 0 aliphatic heterocycles. The van der Waals surface area contributed by atoms with Crippen LogP contribution in [0.25, 0.3) is 0 Å². The van der Waals surface area contributed by atoms with E-state index in [-0.39, 0.29) is 29.8 Å². The zero-order valence-electron chi connectivity index (χ0n) is 11.9. The molecule has 0 aromatic carbocycles. The lowest BCUT2D eigenvalue weighted by atomic mass is 9.93. The Hall–Kier alpha value is -1.84. The van der Waals surface area contributed by atoms with Crippen molar-refractivity contribution in [2.75, 3.05) is 13.2 Å². The van der Waals surface area contributed by atoms with E-state index in [1.165, 1.54) is 0 Å². The maximum absolute atomic E-state index is 11.9. The van der Waals surface area contributed by atoms with Gasteiger partial charge in [-0.3, -0.25) is 0 Å². The van der Waals surface area contributed by atoms with Crippen LogP contribution in [-0.4, -0.2) is 25.2 Å². The summed E-state index contributed by atoms with van der Waals surface area (Å²) in [5, 5.41) is 0. The van der Waals surface area contributed by atoms with Crippen molar-refractivity contribution >= 4 is 11.9 Å². The Kier molecular flexibility index (Phi) is 5.10. The Morgan fingerprint density at radius 3 is 1.63 bits per heavy atom. The quantitative estimate of drug-likeness (QED) is 0.732. The van der Waals surface area contributed by atoms with Gasteiger partial charge in [-0.2, -0.15) is 0 Å². The first-order valence-electron chi connectivity index (χ1n) is 6.38. The highest BCUT2D eigenvalue weighted by atomic mass is 16.5. The van der Waals surface area contributed by atoms with E-state index in [4.69, 9.17) is 9.47 Å². The van der Waals surface area contributed by atoms with Crippen LogP contribution in [0.5, 0.6) is 0 Å². The van der Waals surface area contributed by atoms with E-state index in [0.29, 0.717) is 0 Å². The van der Waals surface area contributed by atoms with Crippen molar-refractivity contribution in [3.8, 4) is 0 Å². The van der Waals surface area contributed by atoms with Crippen LogP contribution < -0.4 is 0 Å². The zero-order chi connectivity index (χ0) is 14.5. The monoisotopic (exact) mass is 264 g/mol. The van der Waals surface area contributed by atoms with Gasteiger partial charge >= 0.3 is 11.9 Å². The molecule has 0 aromatic rings. The molecule has 0 fully saturated rings. The molecule has 104 valence electrons. The van der Waals surface area contributed by atoms with Crippen molar-refractivity contribution in [1.82, 2.24) is 0 Å². The van der Waals surface area contributed by atoms with Gasteiger partial charge in [0.2, 0.25) is 0 Å². The molecular formula is C15H20O4. The fourth-order valence-electron chi connectivity index (χ4n) is 1.61. The summed E-state index contributed by atoms with van der Waals surface area (Å²) >= 11 is 0. The summed E-state index contributed by atoms with van der Waals surface area (Å²) in [6.45, 7) is 7.94. The van der Waals surface area contributed by atoms with Crippen LogP contribution in [-0.2, 0) is 19.1 Å². The van der Waals surface area contributed by atoms with Crippen LogP contribution in [0.1, 0.15) is 27.7 Å². The Bertz CT molecular complexity index is 413. The lowest BCUT2D eigenvalue weighted by molar-refractivity contribution is -0.141. The van der Waals surface area contributed by atoms with Crippen molar-refractivity contribution in [3.63, 3.8) is 0 Å². The van der Waals surface area contributed by atoms with Crippen LogP contribution in [0.2, 0.25) is 0 Å². The topological polar surface area (TPSA) is 52.6 Å². The Balaban J connectivity index is 3.21. The standard InChI is InChI=1S/C15H20O4/c1-5-18-13(16)11-7-9-15(3,4)10-8-12(11)14(17)19-6-2/h7-10H,5-6H2,1-4H3. The highest BCUT2D eigenvalue weighted by molar-refractivity contribution is 6.04. The van der Waals surface area contributed by atoms with E-state index < -0.39 is 11.9 Å². The van der Waals surface area contributed by atoms with Crippen molar-refractivity contribution in [1.29, 1.82) is 0 Å². The predicted molar refractivity (Wildman–Crippen MR) is 72.4 cm³/mol. The fourth-order valence-corrected chi connectivity index (χ4v) is 1.61. The number of carbonyl (C=O) groups excluding carboxylic acids is 2. The number of hydrogen-bond acceptors (Lipinski definition) is 4. The highest BCUT2D eigenvalue weighted by Gasteiger charge is 2.23. The summed E-state index contributed by atoms with van der Waals surface area (Å²) in [5.41, 5.74) is 0.246. The minimum Gasteiger partial charge on any atom is -0.462 e. The first-order chi connectivity index (χ1) is 8.91. The predicted octanol–water partition coefficient (Wildman–Crippen LogP) is 2.56. The molecule has 0 saturated heterocycles. The Labute approximate surface area is 113 Å². The largest absolute Gasteiger partial charge is 0.462 e. The third-order valence-electron chi connectivity index (χ3n) is 2.64. The molecule has 0 atom stereocenters. The molecule has 0 amide bonds. The van der Waals surface area contributed by atoms with E-state index in [9.17, 15) is 9.59 Å². The summed E-state index contributed by atoms with van der Waals surface area (Å²) in [6.07, 6.45) is 6.98. The van der Waals surface area contributed by atoms with Crippen molar-refractivity contribution in [2.24, 2.45) is 5.41 Å². The van der Waals surface area contributed by atoms with Gasteiger partial charge in [0, 0.05) is 5.41 Å². The first kappa shape index (κ1) is 15.2. The number of hydrogen-bond donors (Lipinski definition) is 0. The molecule has 0 bridgehead atoms. The molecule has 0 spiro atoms. The molecule has 4 heteroatoms. The van der Waals surface area contributed by atoms with E-state index >= 15 is 0 Å². The minimum absolute atomic E-state index is 0.230. The smallest absolute Gasteiger partial charge is 0.338 e. The van der Waals surface area contributed by atoms with Crippen molar-refractivity contribution in [3.05, 3.63) is 35.5 Å². The van der Waals surface area contributed by atoms with Gasteiger partial charge in [-0.05, 0) is 26.0 Å². The van der Waals surface area contributed by atoms with Gasteiger partial charge in [0.15, 0.2) is 0 Å². The van der Waals surface area contributed by atoms with Gasteiger partial charge in [-0.15, -0.1) is 0 Å². The Morgan fingerprint density at radius 1 is 0.947 bits per heavy atom. The van der Waals surface area contributed by atoms with E-state index in [1.54, 1.807) is 26.0 Å². The molecule has 0 aromatic heterocycles. The van der Waals surface area contributed by atoms with Gasteiger partial charge in [0.1, 0.15) is 0 Å². The summed E-state index contributed by atoms with van der Waals surface area (Å²) in [7, 11) is 0. The fraction of sp³-hybridized carbons (Fsp3) is 0.467. The molecular weight excluding hydrogens is 244 g/mol. The number of allylic oxidation sites excluding steroid dienone is 2. The molecule has 1 aliphatic rings. The molecule has 0 heterocycles. The maximum Gasteiger partial charge on any atom is 0.338 e. The lowest BCUT2D eigenvalue weighted by Crippen LogP contribution is -2.14. The summed E-state index contributed by atoms with van der Waals surface area (Å²) in [5.74, 6) is -1.02. The van der Waals surface area contributed by atoms with E-state index in [0.717, 1.165) is 0 Å².